The quantitative estimate of drug-likeness (QED) is 0.411. The van der Waals surface area contributed by atoms with Crippen LogP contribution in [0.5, 0.6) is 0 Å². The molecule has 0 spiro atoms. The van der Waals surface area contributed by atoms with Gasteiger partial charge in [-0.15, -0.1) is 0 Å². The first-order chi connectivity index (χ1) is 7.00. The van der Waals surface area contributed by atoms with Gasteiger partial charge in [0.05, 0.1) is 6.54 Å². The summed E-state index contributed by atoms with van der Waals surface area (Å²) in [6.45, 7) is -0.521. The van der Waals surface area contributed by atoms with E-state index in [0.717, 1.165) is 6.08 Å². The second-order valence-corrected chi connectivity index (χ2v) is 2.83. The molecule has 0 aromatic carbocycles. The minimum atomic E-state index is -1.18. The topological polar surface area (TPSA) is 119 Å². The molecule has 0 atom stereocenters. The van der Waals surface area contributed by atoms with Crippen molar-refractivity contribution in [2.75, 3.05) is 13.1 Å². The molecular weight excluding hydrogens is 204 g/mol. The lowest BCUT2D eigenvalue weighted by Crippen LogP contribution is -2.37. The summed E-state index contributed by atoms with van der Waals surface area (Å²) in [4.78, 5) is 21.4. The molecule has 1 aliphatic heterocycles. The van der Waals surface area contributed by atoms with E-state index in [1.54, 1.807) is 0 Å². The van der Waals surface area contributed by atoms with Gasteiger partial charge in [0.1, 0.15) is 23.8 Å². The maximum Gasteiger partial charge on any atom is 0.322 e. The maximum atomic E-state index is 11.3. The molecule has 0 bridgehead atoms. The molecule has 5 N–H and O–H groups in total. The SMILES string of the molecule is O=C(O)CNC(=O)C1=C(O)C=C(O)CN1. The number of hydrogen-bond acceptors (Lipinski definition) is 5. The lowest BCUT2D eigenvalue weighted by molar-refractivity contribution is -0.137. The monoisotopic (exact) mass is 214 g/mol. The van der Waals surface area contributed by atoms with Gasteiger partial charge in [0.25, 0.3) is 5.91 Å². The van der Waals surface area contributed by atoms with Gasteiger partial charge in [-0.25, -0.2) is 0 Å². The van der Waals surface area contributed by atoms with Crippen molar-refractivity contribution in [1.29, 1.82) is 0 Å². The van der Waals surface area contributed by atoms with E-state index >= 15 is 0 Å². The summed E-state index contributed by atoms with van der Waals surface area (Å²) in [5.74, 6) is -2.46. The van der Waals surface area contributed by atoms with Crippen molar-refractivity contribution >= 4 is 11.9 Å². The first-order valence-electron chi connectivity index (χ1n) is 4.07. The number of carbonyl (C=O) groups is 2. The smallest absolute Gasteiger partial charge is 0.322 e. The summed E-state index contributed by atoms with van der Waals surface area (Å²) in [6.07, 6.45) is 1.02. The van der Waals surface area contributed by atoms with Crippen LogP contribution < -0.4 is 10.6 Å². The highest BCUT2D eigenvalue weighted by molar-refractivity contribution is 5.95. The lowest BCUT2D eigenvalue weighted by atomic mass is 10.2. The van der Waals surface area contributed by atoms with E-state index < -0.39 is 24.2 Å². The Labute approximate surface area is 84.7 Å². The summed E-state index contributed by atoms with van der Waals surface area (Å²) in [5.41, 5.74) is -0.158. The molecule has 1 heterocycles. The summed E-state index contributed by atoms with van der Waals surface area (Å²) >= 11 is 0. The van der Waals surface area contributed by atoms with Crippen LogP contribution in [-0.4, -0.2) is 40.3 Å². The first-order valence-corrected chi connectivity index (χ1v) is 4.07. The second kappa shape index (κ2) is 4.36. The highest BCUT2D eigenvalue weighted by Gasteiger charge is 2.18. The number of rotatable bonds is 3. The van der Waals surface area contributed by atoms with E-state index in [2.05, 4.69) is 10.6 Å². The van der Waals surface area contributed by atoms with Crippen molar-refractivity contribution in [2.45, 2.75) is 0 Å². The Morgan fingerprint density at radius 3 is 2.67 bits per heavy atom. The molecule has 0 unspecified atom stereocenters. The Bertz CT molecular complexity index is 358. The van der Waals surface area contributed by atoms with Crippen LogP contribution in [0.25, 0.3) is 0 Å². The van der Waals surface area contributed by atoms with Gasteiger partial charge >= 0.3 is 5.97 Å². The van der Waals surface area contributed by atoms with Crippen LogP contribution in [0.2, 0.25) is 0 Å². The zero-order valence-corrected chi connectivity index (χ0v) is 7.65. The summed E-state index contributed by atoms with van der Waals surface area (Å²) in [7, 11) is 0. The van der Waals surface area contributed by atoms with Crippen LogP contribution >= 0.6 is 0 Å². The van der Waals surface area contributed by atoms with Crippen LogP contribution in [0.1, 0.15) is 0 Å². The Morgan fingerprint density at radius 1 is 1.47 bits per heavy atom. The second-order valence-electron chi connectivity index (χ2n) is 2.83. The molecule has 1 rings (SSSR count). The van der Waals surface area contributed by atoms with E-state index in [4.69, 9.17) is 10.2 Å². The molecule has 0 saturated carbocycles. The van der Waals surface area contributed by atoms with Gasteiger partial charge in [-0.2, -0.15) is 0 Å². The van der Waals surface area contributed by atoms with Gasteiger partial charge in [-0.3, -0.25) is 9.59 Å². The van der Waals surface area contributed by atoms with Crippen LogP contribution in [-0.2, 0) is 9.59 Å². The summed E-state index contributed by atoms with van der Waals surface area (Å²) in [5, 5.41) is 31.0. The number of aliphatic hydroxyl groups excluding tert-OH is 2. The molecular formula is C8H10N2O5. The lowest BCUT2D eigenvalue weighted by Gasteiger charge is -2.15. The number of carbonyl (C=O) groups excluding carboxylic acids is 1. The first kappa shape index (κ1) is 10.9. The van der Waals surface area contributed by atoms with Gasteiger partial charge in [0.15, 0.2) is 0 Å². The van der Waals surface area contributed by atoms with E-state index in [1.807, 2.05) is 0 Å². The number of aliphatic carboxylic acids is 1. The molecule has 0 saturated heterocycles. The minimum Gasteiger partial charge on any atom is -0.510 e. The average Bonchev–Trinajstić information content (AvgIpc) is 2.14. The molecule has 0 radical (unpaired) electrons. The maximum absolute atomic E-state index is 11.3. The Kier molecular flexibility index (Phi) is 3.17. The van der Waals surface area contributed by atoms with Gasteiger partial charge < -0.3 is 26.0 Å². The van der Waals surface area contributed by atoms with Gasteiger partial charge in [0.2, 0.25) is 0 Å². The Hall–Kier alpha value is -2.18. The molecule has 7 nitrogen and oxygen atoms in total. The van der Waals surface area contributed by atoms with Crippen molar-refractivity contribution in [2.24, 2.45) is 0 Å². The molecule has 15 heavy (non-hydrogen) atoms. The predicted octanol–water partition coefficient (Wildman–Crippen LogP) is -0.998. The zero-order valence-electron chi connectivity index (χ0n) is 7.65. The number of carboxylic acid groups (broad SMARTS) is 1. The number of amides is 1. The van der Waals surface area contributed by atoms with E-state index in [0.29, 0.717) is 0 Å². The number of carboxylic acids is 1. The number of allylic oxidation sites excluding steroid dienone is 1. The Balaban J connectivity index is 2.67. The number of nitrogens with one attached hydrogen (secondary N) is 2. The van der Waals surface area contributed by atoms with Crippen molar-refractivity contribution in [3.63, 3.8) is 0 Å². The highest BCUT2D eigenvalue weighted by atomic mass is 16.4. The number of hydrogen-bond donors (Lipinski definition) is 5. The molecule has 0 aromatic rings. The Morgan fingerprint density at radius 2 is 2.13 bits per heavy atom. The molecule has 7 heteroatoms. The summed E-state index contributed by atoms with van der Waals surface area (Å²) in [6, 6.07) is 0. The van der Waals surface area contributed by atoms with Crippen molar-refractivity contribution in [1.82, 2.24) is 10.6 Å². The van der Waals surface area contributed by atoms with Crippen molar-refractivity contribution in [3.8, 4) is 0 Å². The van der Waals surface area contributed by atoms with Crippen molar-refractivity contribution in [3.05, 3.63) is 23.3 Å². The number of aliphatic hydroxyl groups is 2. The molecule has 82 valence electrons. The molecule has 1 aliphatic rings. The van der Waals surface area contributed by atoms with Gasteiger partial charge in [-0.05, 0) is 0 Å². The molecule has 1 amide bonds. The molecule has 0 fully saturated rings. The fourth-order valence-corrected chi connectivity index (χ4v) is 0.991. The van der Waals surface area contributed by atoms with Crippen LogP contribution in [0.3, 0.4) is 0 Å². The fraction of sp³-hybridized carbons (Fsp3) is 0.250. The van der Waals surface area contributed by atoms with E-state index in [9.17, 15) is 14.7 Å². The van der Waals surface area contributed by atoms with Gasteiger partial charge in [0, 0.05) is 6.08 Å². The standard InChI is InChI=1S/C8H10N2O5/c11-4-1-5(12)7(9-2-4)8(15)10-3-6(13)14/h1,9,11-12H,2-3H2,(H,10,15)(H,13,14). The average molecular weight is 214 g/mol. The van der Waals surface area contributed by atoms with Crippen molar-refractivity contribution < 1.29 is 24.9 Å². The molecule has 0 aliphatic carbocycles. The normalized spacial score (nSPS) is 15.3. The summed E-state index contributed by atoms with van der Waals surface area (Å²) < 4.78 is 0. The van der Waals surface area contributed by atoms with Crippen LogP contribution in [0.15, 0.2) is 23.3 Å². The number of dihydropyridines is 1. The van der Waals surface area contributed by atoms with E-state index in [-0.39, 0.29) is 18.0 Å². The molecule has 0 aromatic heterocycles. The largest absolute Gasteiger partial charge is 0.510 e. The minimum absolute atomic E-state index is 0.0138. The van der Waals surface area contributed by atoms with E-state index in [1.165, 1.54) is 0 Å². The highest BCUT2D eigenvalue weighted by Crippen LogP contribution is 2.08. The predicted molar refractivity (Wildman–Crippen MR) is 49.0 cm³/mol. The third-order valence-electron chi connectivity index (χ3n) is 1.63. The van der Waals surface area contributed by atoms with Gasteiger partial charge in [-0.1, -0.05) is 0 Å². The van der Waals surface area contributed by atoms with Crippen LogP contribution in [0, 0.1) is 0 Å². The van der Waals surface area contributed by atoms with Crippen LogP contribution in [0.4, 0.5) is 0 Å². The third-order valence-corrected chi connectivity index (χ3v) is 1.63. The zero-order chi connectivity index (χ0) is 11.4. The fourth-order valence-electron chi connectivity index (χ4n) is 0.991. The third kappa shape index (κ3) is 2.90.